The van der Waals surface area contributed by atoms with E-state index in [9.17, 15) is 36.9 Å². The van der Waals surface area contributed by atoms with E-state index in [1.807, 2.05) is 0 Å². The van der Waals surface area contributed by atoms with Crippen molar-refractivity contribution >= 4 is 41.7 Å². The molecule has 0 radical (unpaired) electrons. The van der Waals surface area contributed by atoms with E-state index >= 15 is 0 Å². The van der Waals surface area contributed by atoms with Crippen molar-refractivity contribution in [1.29, 1.82) is 0 Å². The Morgan fingerprint density at radius 2 is 1.48 bits per heavy atom. The molecule has 2 rings (SSSR count). The number of unbranched alkanes of at least 4 members (excludes halogenated alkanes) is 4. The molecule has 13 nitrogen and oxygen atoms in total. The minimum atomic E-state index is -5.02. The van der Waals surface area contributed by atoms with Crippen LogP contribution in [0.3, 0.4) is 0 Å². The summed E-state index contributed by atoms with van der Waals surface area (Å²) in [5.74, 6) is -3.79. The molecule has 1 aromatic carbocycles. The fraction of sp³-hybridized carbons (Fsp3) is 0.613. The number of carbonyl (C=O) groups excluding carboxylic acids is 3. The molecule has 270 valence electrons. The van der Waals surface area contributed by atoms with E-state index in [-0.39, 0.29) is 73.3 Å². The van der Waals surface area contributed by atoms with Gasteiger partial charge in [-0.25, -0.2) is 4.79 Å². The van der Waals surface area contributed by atoms with E-state index in [1.54, 1.807) is 33.1 Å². The molecule has 48 heavy (non-hydrogen) atoms. The highest BCUT2D eigenvalue weighted by Crippen LogP contribution is 2.50. The van der Waals surface area contributed by atoms with E-state index < -0.39 is 42.6 Å². The van der Waals surface area contributed by atoms with Crippen molar-refractivity contribution in [2.24, 2.45) is 5.41 Å². The Morgan fingerprint density at radius 1 is 0.875 bits per heavy atom. The monoisotopic (exact) mass is 707 g/mol. The Labute approximate surface area is 276 Å². The molecule has 1 unspecified atom stereocenters. The van der Waals surface area contributed by atoms with Crippen LogP contribution in [0, 0.1) is 5.41 Å². The lowest BCUT2D eigenvalue weighted by Crippen LogP contribution is -2.37. The number of alkyl halides is 3. The molecular weight excluding hydrogens is 662 g/mol. The number of nitrogens with one attached hydrogen (secondary N) is 3. The number of hydrogen-bond acceptors (Lipinski definition) is 11. The highest BCUT2D eigenvalue weighted by molar-refractivity contribution is 7.62. The van der Waals surface area contributed by atoms with Crippen molar-refractivity contribution in [2.75, 3.05) is 46.5 Å². The van der Waals surface area contributed by atoms with Gasteiger partial charge in [-0.3, -0.25) is 18.9 Å². The Bertz CT molecular complexity index is 1490. The SMILES string of the molecule is CNCCCCOP(=O)(OCCCCNC(=O)C(F)(F)F)c1cc2cc(C(=O)NCCCCCO)c(=O)oc2cc1OC(=O)C(C)(C)C. The second-order valence-electron chi connectivity index (χ2n) is 11.9. The zero-order valence-electron chi connectivity index (χ0n) is 27.6. The third-order valence-corrected chi connectivity index (χ3v) is 8.73. The number of benzene rings is 1. The molecule has 4 N–H and O–H groups in total. The van der Waals surface area contributed by atoms with Gasteiger partial charge in [0.2, 0.25) is 0 Å². The molecule has 1 heterocycles. The van der Waals surface area contributed by atoms with E-state index in [2.05, 4.69) is 10.6 Å². The average molecular weight is 708 g/mol. The number of carbonyl (C=O) groups is 3. The van der Waals surface area contributed by atoms with Crippen LogP contribution < -0.4 is 31.6 Å². The topological polar surface area (TPSA) is 182 Å². The first-order valence-electron chi connectivity index (χ1n) is 15.7. The Morgan fingerprint density at radius 3 is 2.06 bits per heavy atom. The largest absolute Gasteiger partial charge is 0.471 e. The lowest BCUT2D eigenvalue weighted by atomic mass is 9.97. The summed E-state index contributed by atoms with van der Waals surface area (Å²) >= 11 is 0. The maximum absolute atomic E-state index is 14.5. The van der Waals surface area contributed by atoms with Crippen molar-refractivity contribution in [3.05, 3.63) is 34.2 Å². The van der Waals surface area contributed by atoms with Crippen molar-refractivity contribution in [3.63, 3.8) is 0 Å². The second kappa shape index (κ2) is 19.0. The molecule has 1 atom stereocenters. The molecule has 0 aliphatic heterocycles. The number of amides is 2. The number of hydrogen-bond donors (Lipinski definition) is 4. The van der Waals surface area contributed by atoms with Gasteiger partial charge >= 0.3 is 31.3 Å². The predicted octanol–water partition coefficient (Wildman–Crippen LogP) is 3.95. The lowest BCUT2D eigenvalue weighted by molar-refractivity contribution is -0.173. The Balaban J connectivity index is 2.48. The van der Waals surface area contributed by atoms with Gasteiger partial charge in [-0.15, -0.1) is 0 Å². The first-order chi connectivity index (χ1) is 22.5. The zero-order valence-corrected chi connectivity index (χ0v) is 28.5. The minimum Gasteiger partial charge on any atom is -0.425 e. The Kier molecular flexibility index (Phi) is 16.2. The fourth-order valence-electron chi connectivity index (χ4n) is 4.03. The standard InChI is InChI=1S/C31H45F3N3O10P/c1-30(2,3)29(42)47-24-20-23-21(18-22(27(40)46-23)26(39)36-13-6-5-9-15-38)19-25(24)48(43,44-16-10-7-12-35-4)45-17-11-8-14-37-28(41)31(32,33)34/h18-20,35,38H,5-17H2,1-4H3,(H,36,39)(H,37,41). The third-order valence-electron chi connectivity index (χ3n) is 6.75. The van der Waals surface area contributed by atoms with E-state index in [0.717, 1.165) is 0 Å². The maximum atomic E-state index is 14.5. The summed E-state index contributed by atoms with van der Waals surface area (Å²) in [7, 11) is -2.59. The van der Waals surface area contributed by atoms with Gasteiger partial charge < -0.3 is 39.3 Å². The molecule has 0 bridgehead atoms. The average Bonchev–Trinajstić information content (AvgIpc) is 3.00. The van der Waals surface area contributed by atoms with E-state index in [1.165, 1.54) is 18.2 Å². The molecule has 0 spiro atoms. The van der Waals surface area contributed by atoms with Crippen molar-refractivity contribution < 1.29 is 55.4 Å². The van der Waals surface area contributed by atoms with Gasteiger partial charge in [0.05, 0.1) is 18.6 Å². The van der Waals surface area contributed by atoms with Crippen LogP contribution in [-0.4, -0.2) is 75.6 Å². The summed E-state index contributed by atoms with van der Waals surface area (Å²) in [5, 5.41) is 16.2. The highest BCUT2D eigenvalue weighted by Gasteiger charge is 2.38. The summed E-state index contributed by atoms with van der Waals surface area (Å²) in [6.07, 6.45) is -1.99. The summed E-state index contributed by atoms with van der Waals surface area (Å²) < 4.78 is 74.5. The van der Waals surface area contributed by atoms with Gasteiger partial charge in [0, 0.05) is 31.1 Å². The zero-order chi connectivity index (χ0) is 36.0. The van der Waals surface area contributed by atoms with Crippen LogP contribution in [0.5, 0.6) is 5.75 Å². The van der Waals surface area contributed by atoms with Crippen LogP contribution >= 0.6 is 7.60 Å². The molecule has 0 aliphatic rings. The third kappa shape index (κ3) is 13.0. The van der Waals surface area contributed by atoms with Gasteiger partial charge in [-0.1, -0.05) is 0 Å². The number of ether oxygens (including phenoxy) is 1. The lowest BCUT2D eigenvalue weighted by Gasteiger charge is -2.23. The van der Waals surface area contributed by atoms with Gasteiger partial charge in [0.1, 0.15) is 22.2 Å². The number of esters is 1. The molecule has 17 heteroatoms. The highest BCUT2D eigenvalue weighted by atomic mass is 31.2. The molecule has 0 fully saturated rings. The minimum absolute atomic E-state index is 0.0189. The van der Waals surface area contributed by atoms with Crippen molar-refractivity contribution in [3.8, 4) is 5.75 Å². The van der Waals surface area contributed by atoms with Crippen LogP contribution in [0.4, 0.5) is 13.2 Å². The predicted molar refractivity (Wildman–Crippen MR) is 171 cm³/mol. The van der Waals surface area contributed by atoms with Crippen LogP contribution in [-0.2, 0) is 23.2 Å². The smallest absolute Gasteiger partial charge is 0.425 e. The molecule has 0 saturated heterocycles. The van der Waals surface area contributed by atoms with Crippen molar-refractivity contribution in [1.82, 2.24) is 16.0 Å². The summed E-state index contributed by atoms with van der Waals surface area (Å²) in [6, 6.07) is 3.70. The van der Waals surface area contributed by atoms with Crippen LogP contribution in [0.1, 0.15) is 76.1 Å². The number of fused-ring (bicyclic) bond motifs is 1. The van der Waals surface area contributed by atoms with Crippen LogP contribution in [0.25, 0.3) is 11.0 Å². The summed E-state index contributed by atoms with van der Waals surface area (Å²) in [5.41, 5.74) is -2.39. The summed E-state index contributed by atoms with van der Waals surface area (Å²) in [4.78, 5) is 49.6. The maximum Gasteiger partial charge on any atom is 0.471 e. The van der Waals surface area contributed by atoms with E-state index in [0.29, 0.717) is 38.6 Å². The Hall–Kier alpha value is -3.30. The van der Waals surface area contributed by atoms with Crippen LogP contribution in [0.15, 0.2) is 27.4 Å². The molecule has 0 saturated carbocycles. The number of rotatable bonds is 20. The molecule has 0 aliphatic carbocycles. The number of aliphatic hydroxyl groups excluding tert-OH is 1. The van der Waals surface area contributed by atoms with Gasteiger partial charge in [0.25, 0.3) is 5.91 Å². The first-order valence-corrected chi connectivity index (χ1v) is 17.2. The number of aliphatic hydroxyl groups is 1. The van der Waals surface area contributed by atoms with Gasteiger partial charge in [-0.05, 0) is 91.4 Å². The van der Waals surface area contributed by atoms with Gasteiger partial charge in [-0.2, -0.15) is 13.2 Å². The van der Waals surface area contributed by atoms with Gasteiger partial charge in [0.15, 0.2) is 0 Å². The normalized spacial score (nSPS) is 13.2. The number of halogens is 3. The second-order valence-corrected chi connectivity index (χ2v) is 13.9. The quantitative estimate of drug-likeness (QED) is 0.0514. The fourth-order valence-corrected chi connectivity index (χ4v) is 5.80. The molecular formula is C31H45F3N3O10P. The van der Waals surface area contributed by atoms with E-state index in [4.69, 9.17) is 23.3 Å². The first kappa shape index (κ1) is 40.9. The molecule has 2 amide bonds. The van der Waals surface area contributed by atoms with Crippen LogP contribution in [0.2, 0.25) is 0 Å². The van der Waals surface area contributed by atoms with Crippen molar-refractivity contribution in [2.45, 2.75) is 71.9 Å². The molecule has 1 aromatic heterocycles. The summed E-state index contributed by atoms with van der Waals surface area (Å²) in [6.45, 7) is 5.07. The molecule has 2 aromatic rings.